The second kappa shape index (κ2) is 6.23. The van der Waals surface area contributed by atoms with Crippen molar-refractivity contribution >= 4 is 5.91 Å². The van der Waals surface area contributed by atoms with Crippen molar-refractivity contribution in [3.63, 3.8) is 0 Å². The molecule has 0 bridgehead atoms. The van der Waals surface area contributed by atoms with Gasteiger partial charge in [-0.25, -0.2) is 0 Å². The van der Waals surface area contributed by atoms with Crippen LogP contribution in [0, 0.1) is 11.8 Å². The smallest absolute Gasteiger partial charge is 0.228 e. The summed E-state index contributed by atoms with van der Waals surface area (Å²) in [7, 11) is 0. The van der Waals surface area contributed by atoms with Gasteiger partial charge < -0.3 is 14.7 Å². The van der Waals surface area contributed by atoms with E-state index in [2.05, 4.69) is 13.8 Å². The third-order valence-electron chi connectivity index (χ3n) is 4.88. The molecular formula is C15H27NO3. The normalized spacial score (nSPS) is 35.2. The molecular weight excluding hydrogens is 242 g/mol. The van der Waals surface area contributed by atoms with Crippen LogP contribution in [0.15, 0.2) is 0 Å². The number of carbonyl (C=O) groups excluding carboxylic acids is 1. The highest BCUT2D eigenvalue weighted by molar-refractivity contribution is 5.80. The van der Waals surface area contributed by atoms with E-state index in [1.54, 1.807) is 0 Å². The molecule has 1 heterocycles. The predicted molar refractivity (Wildman–Crippen MR) is 73.7 cm³/mol. The molecule has 0 radical (unpaired) electrons. The average Bonchev–Trinajstić information content (AvgIpc) is 2.55. The number of carbonyl (C=O) groups is 1. The standard InChI is InChI=1S/C15H27NO3/c1-10-11(2)19-12(3)14(10)15(18)16(8-5-9-17)13-6-4-7-13/h10-14,17H,4-9H2,1-3H3. The maximum absolute atomic E-state index is 12.8. The molecule has 19 heavy (non-hydrogen) atoms. The van der Waals surface area contributed by atoms with E-state index in [1.807, 2.05) is 11.8 Å². The SMILES string of the molecule is CC1OC(C)C(C(=O)N(CCCO)C2CCC2)C1C. The average molecular weight is 269 g/mol. The monoisotopic (exact) mass is 269 g/mol. The van der Waals surface area contributed by atoms with E-state index in [9.17, 15) is 4.79 Å². The first-order valence-corrected chi connectivity index (χ1v) is 7.63. The van der Waals surface area contributed by atoms with E-state index in [0.717, 1.165) is 12.8 Å². The quantitative estimate of drug-likeness (QED) is 0.828. The fourth-order valence-corrected chi connectivity index (χ4v) is 3.30. The molecule has 4 unspecified atom stereocenters. The fourth-order valence-electron chi connectivity index (χ4n) is 3.30. The summed E-state index contributed by atoms with van der Waals surface area (Å²) >= 11 is 0. The second-order valence-electron chi connectivity index (χ2n) is 6.12. The summed E-state index contributed by atoms with van der Waals surface area (Å²) in [6, 6.07) is 0.398. The van der Waals surface area contributed by atoms with Gasteiger partial charge in [0.2, 0.25) is 5.91 Å². The van der Waals surface area contributed by atoms with Crippen LogP contribution in [0.1, 0.15) is 46.5 Å². The Balaban J connectivity index is 2.05. The van der Waals surface area contributed by atoms with Crippen LogP contribution in [-0.4, -0.2) is 47.3 Å². The number of aliphatic hydroxyl groups is 1. The first-order chi connectivity index (χ1) is 9.06. The minimum Gasteiger partial charge on any atom is -0.396 e. The van der Waals surface area contributed by atoms with Gasteiger partial charge in [0, 0.05) is 19.2 Å². The molecule has 1 amide bonds. The molecule has 2 rings (SSSR count). The summed E-state index contributed by atoms with van der Waals surface area (Å²) in [6.45, 7) is 7.01. The molecule has 1 N–H and O–H groups in total. The predicted octanol–water partition coefficient (Wildman–Crippen LogP) is 1.81. The van der Waals surface area contributed by atoms with Gasteiger partial charge in [-0.2, -0.15) is 0 Å². The molecule has 0 aromatic rings. The number of hydrogen-bond acceptors (Lipinski definition) is 3. The minimum atomic E-state index is -0.0192. The topological polar surface area (TPSA) is 49.8 Å². The molecule has 0 spiro atoms. The Kier molecular flexibility index (Phi) is 4.85. The third-order valence-corrected chi connectivity index (χ3v) is 4.88. The first-order valence-electron chi connectivity index (χ1n) is 7.63. The van der Waals surface area contributed by atoms with Gasteiger partial charge in [-0.15, -0.1) is 0 Å². The van der Waals surface area contributed by atoms with Crippen LogP contribution in [-0.2, 0) is 9.53 Å². The van der Waals surface area contributed by atoms with Crippen LogP contribution < -0.4 is 0 Å². The highest BCUT2D eigenvalue weighted by Gasteiger charge is 2.44. The van der Waals surface area contributed by atoms with Crippen LogP contribution in [0.3, 0.4) is 0 Å². The van der Waals surface area contributed by atoms with Crippen molar-refractivity contribution in [3.05, 3.63) is 0 Å². The van der Waals surface area contributed by atoms with E-state index in [4.69, 9.17) is 9.84 Å². The Morgan fingerprint density at radius 3 is 2.37 bits per heavy atom. The fraction of sp³-hybridized carbons (Fsp3) is 0.933. The minimum absolute atomic E-state index is 0.00852. The molecule has 110 valence electrons. The molecule has 1 saturated heterocycles. The molecule has 4 atom stereocenters. The first kappa shape index (κ1) is 14.8. The second-order valence-corrected chi connectivity index (χ2v) is 6.12. The van der Waals surface area contributed by atoms with E-state index in [-0.39, 0.29) is 36.6 Å². The Bertz CT molecular complexity index is 317. The number of ether oxygens (including phenoxy) is 1. The highest BCUT2D eigenvalue weighted by atomic mass is 16.5. The van der Waals surface area contributed by atoms with Crippen molar-refractivity contribution in [1.29, 1.82) is 0 Å². The van der Waals surface area contributed by atoms with Gasteiger partial charge in [-0.1, -0.05) is 6.92 Å². The molecule has 2 fully saturated rings. The zero-order valence-electron chi connectivity index (χ0n) is 12.3. The summed E-state index contributed by atoms with van der Waals surface area (Å²) in [5.41, 5.74) is 0. The van der Waals surface area contributed by atoms with Gasteiger partial charge in [-0.05, 0) is 45.4 Å². The van der Waals surface area contributed by atoms with Gasteiger partial charge in [-0.3, -0.25) is 4.79 Å². The van der Waals surface area contributed by atoms with Gasteiger partial charge in [0.1, 0.15) is 0 Å². The van der Waals surface area contributed by atoms with E-state index < -0.39 is 0 Å². The number of hydrogen-bond donors (Lipinski definition) is 1. The maximum atomic E-state index is 12.8. The van der Waals surface area contributed by atoms with Gasteiger partial charge >= 0.3 is 0 Å². The summed E-state index contributed by atoms with van der Waals surface area (Å²) in [4.78, 5) is 14.8. The molecule has 4 nitrogen and oxygen atoms in total. The number of amides is 1. The Morgan fingerprint density at radius 1 is 1.26 bits per heavy atom. The molecule has 4 heteroatoms. The van der Waals surface area contributed by atoms with Crippen molar-refractivity contribution in [2.45, 2.75) is 64.7 Å². The molecule has 1 aliphatic heterocycles. The third kappa shape index (κ3) is 2.95. The highest BCUT2D eigenvalue weighted by Crippen LogP contribution is 2.35. The summed E-state index contributed by atoms with van der Waals surface area (Å²) in [5, 5.41) is 9.02. The maximum Gasteiger partial charge on any atom is 0.228 e. The lowest BCUT2D eigenvalue weighted by Gasteiger charge is -2.40. The summed E-state index contributed by atoms with van der Waals surface area (Å²) in [6.07, 6.45) is 4.29. The number of aliphatic hydroxyl groups excluding tert-OH is 1. The van der Waals surface area contributed by atoms with Crippen LogP contribution in [0.4, 0.5) is 0 Å². The number of rotatable bonds is 5. The molecule has 0 aromatic carbocycles. The van der Waals surface area contributed by atoms with E-state index in [0.29, 0.717) is 19.0 Å². The van der Waals surface area contributed by atoms with Crippen LogP contribution in [0.25, 0.3) is 0 Å². The molecule has 1 aliphatic carbocycles. The van der Waals surface area contributed by atoms with Crippen molar-refractivity contribution in [2.75, 3.05) is 13.2 Å². The van der Waals surface area contributed by atoms with E-state index >= 15 is 0 Å². The summed E-state index contributed by atoms with van der Waals surface area (Å²) < 4.78 is 5.80. The van der Waals surface area contributed by atoms with Gasteiger partial charge in [0.15, 0.2) is 0 Å². The van der Waals surface area contributed by atoms with Gasteiger partial charge in [0.25, 0.3) is 0 Å². The number of nitrogens with zero attached hydrogens (tertiary/aromatic N) is 1. The molecule has 1 saturated carbocycles. The summed E-state index contributed by atoms with van der Waals surface area (Å²) in [5.74, 6) is 0.496. The Hall–Kier alpha value is -0.610. The Labute approximate surface area is 116 Å². The molecule has 0 aromatic heterocycles. The zero-order chi connectivity index (χ0) is 14.0. The lowest BCUT2D eigenvalue weighted by molar-refractivity contribution is -0.142. The van der Waals surface area contributed by atoms with Crippen molar-refractivity contribution in [1.82, 2.24) is 4.90 Å². The molecule has 2 aliphatic rings. The van der Waals surface area contributed by atoms with Gasteiger partial charge in [0.05, 0.1) is 18.1 Å². The lowest BCUT2D eigenvalue weighted by atomic mass is 9.85. The largest absolute Gasteiger partial charge is 0.396 e. The zero-order valence-corrected chi connectivity index (χ0v) is 12.3. The van der Waals surface area contributed by atoms with Crippen molar-refractivity contribution in [3.8, 4) is 0 Å². The van der Waals surface area contributed by atoms with Crippen molar-refractivity contribution in [2.24, 2.45) is 11.8 Å². The Morgan fingerprint density at radius 2 is 1.95 bits per heavy atom. The lowest BCUT2D eigenvalue weighted by Crippen LogP contribution is -2.49. The van der Waals surface area contributed by atoms with Crippen LogP contribution in [0.2, 0.25) is 0 Å². The van der Waals surface area contributed by atoms with E-state index in [1.165, 1.54) is 6.42 Å². The van der Waals surface area contributed by atoms with Crippen molar-refractivity contribution < 1.29 is 14.6 Å². The van der Waals surface area contributed by atoms with Crippen LogP contribution >= 0.6 is 0 Å². The van der Waals surface area contributed by atoms with Crippen LogP contribution in [0.5, 0.6) is 0 Å².